The standard InChI is InChI=1S/C17H19N5O2/c1-10-4-6-14(11(2)8-10)21-15(23)7-5-13-12(3)20-17-18-9-19-22(17)16(13)24/h4,6,8-9H,5,7H2,1-3H3,(H,21,23)(H,18,19,20). The van der Waals surface area contributed by atoms with Crippen molar-refractivity contribution in [3.63, 3.8) is 0 Å². The Labute approximate surface area is 138 Å². The van der Waals surface area contributed by atoms with Crippen LogP contribution >= 0.6 is 0 Å². The zero-order valence-corrected chi connectivity index (χ0v) is 13.9. The molecule has 0 fully saturated rings. The molecule has 1 aromatic carbocycles. The summed E-state index contributed by atoms with van der Waals surface area (Å²) in [5.74, 6) is 0.205. The van der Waals surface area contributed by atoms with E-state index in [0.717, 1.165) is 16.8 Å². The summed E-state index contributed by atoms with van der Waals surface area (Å²) in [7, 11) is 0. The molecule has 3 rings (SSSR count). The number of aromatic nitrogens is 4. The molecule has 0 radical (unpaired) electrons. The van der Waals surface area contributed by atoms with Gasteiger partial charge in [0.1, 0.15) is 6.33 Å². The summed E-state index contributed by atoms with van der Waals surface area (Å²) >= 11 is 0. The highest BCUT2D eigenvalue weighted by Gasteiger charge is 2.13. The van der Waals surface area contributed by atoms with E-state index in [1.165, 1.54) is 10.8 Å². The Morgan fingerprint density at radius 2 is 2.08 bits per heavy atom. The number of nitrogens with one attached hydrogen (secondary N) is 2. The van der Waals surface area contributed by atoms with E-state index in [4.69, 9.17) is 0 Å². The molecule has 0 aliphatic rings. The van der Waals surface area contributed by atoms with E-state index in [0.29, 0.717) is 23.5 Å². The monoisotopic (exact) mass is 325 g/mol. The van der Waals surface area contributed by atoms with Crippen LogP contribution in [0.5, 0.6) is 0 Å². The average molecular weight is 325 g/mol. The number of nitrogens with zero attached hydrogens (tertiary/aromatic N) is 3. The molecule has 2 aromatic heterocycles. The lowest BCUT2D eigenvalue weighted by Gasteiger charge is -2.09. The van der Waals surface area contributed by atoms with E-state index in [-0.39, 0.29) is 17.9 Å². The van der Waals surface area contributed by atoms with Crippen molar-refractivity contribution in [2.45, 2.75) is 33.6 Å². The van der Waals surface area contributed by atoms with Crippen LogP contribution in [0.15, 0.2) is 29.3 Å². The van der Waals surface area contributed by atoms with Gasteiger partial charge in [-0.25, -0.2) is 9.97 Å². The van der Waals surface area contributed by atoms with Crippen LogP contribution in [0, 0.1) is 20.8 Å². The maximum atomic E-state index is 12.4. The van der Waals surface area contributed by atoms with Crippen LogP contribution in [-0.4, -0.2) is 25.5 Å². The molecular formula is C17H19N5O2. The predicted molar refractivity (Wildman–Crippen MR) is 91.2 cm³/mol. The minimum Gasteiger partial charge on any atom is -0.326 e. The highest BCUT2D eigenvalue weighted by molar-refractivity contribution is 5.91. The number of amides is 1. The highest BCUT2D eigenvalue weighted by Crippen LogP contribution is 2.16. The number of anilines is 1. The van der Waals surface area contributed by atoms with Crippen molar-refractivity contribution >= 4 is 17.4 Å². The molecule has 7 heteroatoms. The van der Waals surface area contributed by atoms with Gasteiger partial charge in [-0.2, -0.15) is 4.52 Å². The first-order chi connectivity index (χ1) is 11.5. The summed E-state index contributed by atoms with van der Waals surface area (Å²) in [6.07, 6.45) is 1.96. The third kappa shape index (κ3) is 3.05. The number of aryl methyl sites for hydroxylation is 3. The summed E-state index contributed by atoms with van der Waals surface area (Å²) < 4.78 is 1.28. The number of carbonyl (C=O) groups excluding carboxylic acids is 1. The zero-order chi connectivity index (χ0) is 17.3. The van der Waals surface area contributed by atoms with Crippen LogP contribution in [0.3, 0.4) is 0 Å². The quantitative estimate of drug-likeness (QED) is 0.766. The molecule has 3 aromatic rings. The van der Waals surface area contributed by atoms with Gasteiger partial charge in [0.15, 0.2) is 0 Å². The largest absolute Gasteiger partial charge is 0.326 e. The number of aromatic amines is 1. The molecule has 124 valence electrons. The Balaban J connectivity index is 1.73. The van der Waals surface area contributed by atoms with Gasteiger partial charge >= 0.3 is 0 Å². The van der Waals surface area contributed by atoms with Crippen molar-refractivity contribution in [1.29, 1.82) is 0 Å². The molecule has 2 N–H and O–H groups in total. The second-order valence-electron chi connectivity index (χ2n) is 5.87. The Morgan fingerprint density at radius 3 is 2.83 bits per heavy atom. The van der Waals surface area contributed by atoms with Crippen LogP contribution in [-0.2, 0) is 11.2 Å². The number of rotatable bonds is 4. The maximum absolute atomic E-state index is 12.4. The molecule has 0 atom stereocenters. The van der Waals surface area contributed by atoms with Gasteiger partial charge in [0, 0.05) is 17.7 Å². The Hall–Kier alpha value is -2.96. The number of carbonyl (C=O) groups is 1. The van der Waals surface area contributed by atoms with Crippen LogP contribution in [0.1, 0.15) is 28.8 Å². The molecule has 2 heterocycles. The summed E-state index contributed by atoms with van der Waals surface area (Å²) in [4.78, 5) is 32.8. The fourth-order valence-corrected chi connectivity index (χ4v) is 2.69. The molecule has 1 amide bonds. The van der Waals surface area contributed by atoms with Gasteiger partial charge in [0.25, 0.3) is 11.3 Å². The zero-order valence-electron chi connectivity index (χ0n) is 13.9. The van der Waals surface area contributed by atoms with Crippen molar-refractivity contribution in [2.75, 3.05) is 5.32 Å². The van der Waals surface area contributed by atoms with Gasteiger partial charge in [0.2, 0.25) is 5.91 Å². The SMILES string of the molecule is Cc1ccc(NC(=O)CCc2c(C)nc3nc[nH]n3c2=O)c(C)c1. The first-order valence-electron chi connectivity index (χ1n) is 7.74. The average Bonchev–Trinajstić information content (AvgIpc) is 2.98. The maximum Gasteiger partial charge on any atom is 0.277 e. The fraction of sp³-hybridized carbons (Fsp3) is 0.294. The van der Waals surface area contributed by atoms with Gasteiger partial charge in [-0.15, -0.1) is 0 Å². The minimum atomic E-state index is -0.214. The second kappa shape index (κ2) is 6.27. The first-order valence-corrected chi connectivity index (χ1v) is 7.74. The molecule has 0 saturated carbocycles. The number of H-pyrrole nitrogens is 1. The van der Waals surface area contributed by atoms with Crippen LogP contribution in [0.2, 0.25) is 0 Å². The predicted octanol–water partition coefficient (Wildman–Crippen LogP) is 1.91. The Kier molecular flexibility index (Phi) is 4.16. The van der Waals surface area contributed by atoms with Gasteiger partial charge in [-0.1, -0.05) is 17.7 Å². The number of fused-ring (bicyclic) bond motifs is 1. The molecule has 7 nitrogen and oxygen atoms in total. The summed E-state index contributed by atoms with van der Waals surface area (Å²) in [5, 5.41) is 5.62. The van der Waals surface area contributed by atoms with Crippen molar-refractivity contribution < 1.29 is 4.79 Å². The summed E-state index contributed by atoms with van der Waals surface area (Å²) in [5.41, 5.74) is 3.86. The van der Waals surface area contributed by atoms with Crippen LogP contribution in [0.25, 0.3) is 5.78 Å². The lowest BCUT2D eigenvalue weighted by atomic mass is 10.1. The second-order valence-corrected chi connectivity index (χ2v) is 5.87. The molecule has 0 saturated heterocycles. The number of benzene rings is 1. The molecule has 24 heavy (non-hydrogen) atoms. The lowest BCUT2D eigenvalue weighted by molar-refractivity contribution is -0.116. The Morgan fingerprint density at radius 1 is 1.29 bits per heavy atom. The Bertz CT molecular complexity index is 971. The highest BCUT2D eigenvalue weighted by atomic mass is 16.1. The third-order valence-corrected chi connectivity index (χ3v) is 3.99. The van der Waals surface area contributed by atoms with Crippen molar-refractivity contribution in [3.05, 3.63) is 57.3 Å². The van der Waals surface area contributed by atoms with Crippen LogP contribution < -0.4 is 10.9 Å². The van der Waals surface area contributed by atoms with Crippen molar-refractivity contribution in [2.24, 2.45) is 0 Å². The van der Waals surface area contributed by atoms with E-state index in [9.17, 15) is 9.59 Å². The molecule has 0 spiro atoms. The van der Waals surface area contributed by atoms with Crippen molar-refractivity contribution in [1.82, 2.24) is 19.6 Å². The molecule has 0 aliphatic carbocycles. The van der Waals surface area contributed by atoms with E-state index in [1.807, 2.05) is 32.0 Å². The van der Waals surface area contributed by atoms with Gasteiger partial charge in [-0.05, 0) is 38.8 Å². The van der Waals surface area contributed by atoms with E-state index >= 15 is 0 Å². The van der Waals surface area contributed by atoms with Crippen LogP contribution in [0.4, 0.5) is 5.69 Å². The lowest BCUT2D eigenvalue weighted by Crippen LogP contribution is -2.23. The molecule has 0 unspecified atom stereocenters. The van der Waals surface area contributed by atoms with Crippen molar-refractivity contribution in [3.8, 4) is 0 Å². The fourth-order valence-electron chi connectivity index (χ4n) is 2.69. The normalized spacial score (nSPS) is 11.0. The minimum absolute atomic E-state index is 0.129. The summed E-state index contributed by atoms with van der Waals surface area (Å²) in [6.45, 7) is 5.72. The molecule has 0 bridgehead atoms. The van der Waals surface area contributed by atoms with Gasteiger partial charge < -0.3 is 5.32 Å². The number of hydrogen-bond donors (Lipinski definition) is 2. The smallest absolute Gasteiger partial charge is 0.277 e. The summed E-state index contributed by atoms with van der Waals surface area (Å²) in [6, 6.07) is 5.86. The first kappa shape index (κ1) is 15.9. The third-order valence-electron chi connectivity index (χ3n) is 3.99. The van der Waals surface area contributed by atoms with E-state index < -0.39 is 0 Å². The van der Waals surface area contributed by atoms with Gasteiger partial charge in [0.05, 0.1) is 5.69 Å². The molecule has 0 aliphatic heterocycles. The van der Waals surface area contributed by atoms with E-state index in [1.54, 1.807) is 6.92 Å². The number of hydrogen-bond acceptors (Lipinski definition) is 4. The molecular weight excluding hydrogens is 306 g/mol. The van der Waals surface area contributed by atoms with Gasteiger partial charge in [-0.3, -0.25) is 14.7 Å². The topological polar surface area (TPSA) is 92.2 Å². The van der Waals surface area contributed by atoms with E-state index in [2.05, 4.69) is 20.4 Å².